The number of hydrogen-bond donors (Lipinski definition) is 1. The van der Waals surface area contributed by atoms with Gasteiger partial charge in [0.05, 0.1) is 17.4 Å². The molecule has 0 amide bonds. The van der Waals surface area contributed by atoms with E-state index in [-0.39, 0.29) is 29.3 Å². The Morgan fingerprint density at radius 3 is 3.00 bits per heavy atom. The highest BCUT2D eigenvalue weighted by Gasteiger charge is 2.25. The zero-order valence-corrected chi connectivity index (χ0v) is 10.6. The number of nitrogens with zero attached hydrogens (tertiary/aromatic N) is 3. The molecule has 0 fully saturated rings. The summed E-state index contributed by atoms with van der Waals surface area (Å²) >= 11 is 3.30. The lowest BCUT2D eigenvalue weighted by Gasteiger charge is -2.05. The summed E-state index contributed by atoms with van der Waals surface area (Å²) in [4.78, 5) is 16.5. The van der Waals surface area contributed by atoms with E-state index in [2.05, 4.69) is 20.9 Å². The fourth-order valence-corrected chi connectivity index (χ4v) is 2.36. The fourth-order valence-electron chi connectivity index (χ4n) is 2.00. The van der Waals surface area contributed by atoms with E-state index in [9.17, 15) is 9.90 Å². The van der Waals surface area contributed by atoms with Gasteiger partial charge in [0.15, 0.2) is 5.82 Å². The number of benzene rings is 1. The van der Waals surface area contributed by atoms with Crippen LogP contribution in [0.4, 0.5) is 0 Å². The van der Waals surface area contributed by atoms with E-state index < -0.39 is 0 Å². The van der Waals surface area contributed by atoms with Crippen LogP contribution in [0.1, 0.15) is 5.82 Å². The normalized spacial score (nSPS) is 13.8. The molecule has 1 aliphatic rings. The Hall–Kier alpha value is -2.13. The average molecular weight is 304 g/mol. The number of aliphatic hydroxyl groups excluding tert-OH is 1. The first kappa shape index (κ1) is 11.0. The summed E-state index contributed by atoms with van der Waals surface area (Å²) in [6, 6.07) is 7.03. The van der Waals surface area contributed by atoms with Crippen molar-refractivity contribution in [2.24, 2.45) is 0 Å². The molecule has 5 nitrogen and oxygen atoms in total. The largest absolute Gasteiger partial charge is 0.509 e. The lowest BCUT2D eigenvalue weighted by atomic mass is 10.2. The number of nitriles is 1. The first-order valence-electron chi connectivity index (χ1n) is 5.14. The minimum Gasteiger partial charge on any atom is -0.509 e. The molecular formula is C12H6BrN3O2. The minimum atomic E-state index is -0.256. The first-order chi connectivity index (χ1) is 8.61. The van der Waals surface area contributed by atoms with Gasteiger partial charge in [-0.1, -0.05) is 15.9 Å². The van der Waals surface area contributed by atoms with Crippen molar-refractivity contribution < 1.29 is 5.11 Å². The molecule has 3 rings (SSSR count). The highest BCUT2D eigenvalue weighted by atomic mass is 79.9. The van der Waals surface area contributed by atoms with E-state index in [0.717, 1.165) is 4.47 Å². The second-order valence-electron chi connectivity index (χ2n) is 3.92. The predicted octanol–water partition coefficient (Wildman–Crippen LogP) is 1.97. The van der Waals surface area contributed by atoms with E-state index in [1.54, 1.807) is 18.2 Å². The van der Waals surface area contributed by atoms with Gasteiger partial charge < -0.3 is 5.11 Å². The second kappa shape index (κ2) is 3.68. The van der Waals surface area contributed by atoms with Crippen molar-refractivity contribution in [2.75, 3.05) is 0 Å². The van der Waals surface area contributed by atoms with Gasteiger partial charge >= 0.3 is 0 Å². The quantitative estimate of drug-likeness (QED) is 0.807. The summed E-state index contributed by atoms with van der Waals surface area (Å²) in [7, 11) is 0. The van der Waals surface area contributed by atoms with Crippen LogP contribution in [-0.4, -0.2) is 14.7 Å². The number of aliphatic hydroxyl groups is 1. The maximum Gasteiger partial charge on any atom is 0.262 e. The first-order valence-corrected chi connectivity index (χ1v) is 5.94. The lowest BCUT2D eigenvalue weighted by Crippen LogP contribution is -2.22. The lowest BCUT2D eigenvalue weighted by molar-refractivity contribution is 0.386. The van der Waals surface area contributed by atoms with E-state index in [0.29, 0.717) is 10.9 Å². The second-order valence-corrected chi connectivity index (χ2v) is 4.84. The number of hydrogen-bond acceptors (Lipinski definition) is 4. The number of allylic oxidation sites excluding steroid dienone is 2. The maximum atomic E-state index is 12.2. The van der Waals surface area contributed by atoms with Crippen LogP contribution in [0.5, 0.6) is 0 Å². The molecule has 0 unspecified atom stereocenters. The summed E-state index contributed by atoms with van der Waals surface area (Å²) in [5.41, 5.74) is 0.321. The molecule has 2 heterocycles. The van der Waals surface area contributed by atoms with Crippen molar-refractivity contribution in [3.63, 3.8) is 0 Å². The molecule has 2 aromatic rings. The van der Waals surface area contributed by atoms with Crippen molar-refractivity contribution in [3.05, 3.63) is 44.6 Å². The summed E-state index contributed by atoms with van der Waals surface area (Å²) in [5, 5.41) is 19.1. The molecule has 6 heteroatoms. The van der Waals surface area contributed by atoms with Gasteiger partial charge in [0, 0.05) is 4.47 Å². The topological polar surface area (TPSA) is 78.9 Å². The Balaban J connectivity index is 2.43. The van der Waals surface area contributed by atoms with Crippen LogP contribution < -0.4 is 5.56 Å². The predicted molar refractivity (Wildman–Crippen MR) is 68.9 cm³/mol. The molecule has 0 spiro atoms. The van der Waals surface area contributed by atoms with Crippen molar-refractivity contribution in [2.45, 2.75) is 6.54 Å². The van der Waals surface area contributed by atoms with Gasteiger partial charge in [-0.3, -0.25) is 9.36 Å². The smallest absolute Gasteiger partial charge is 0.262 e. The molecular weight excluding hydrogens is 298 g/mol. The SMILES string of the molecule is N#CC1=C(O)Cn2c1nc1ccc(Br)cc1c2=O. The van der Waals surface area contributed by atoms with Gasteiger partial charge in [-0.2, -0.15) is 5.26 Å². The Bertz CT molecular complexity index is 814. The molecule has 0 radical (unpaired) electrons. The van der Waals surface area contributed by atoms with Crippen molar-refractivity contribution in [3.8, 4) is 6.07 Å². The van der Waals surface area contributed by atoms with Crippen LogP contribution in [0, 0.1) is 11.3 Å². The maximum absolute atomic E-state index is 12.2. The summed E-state index contributed by atoms with van der Waals surface area (Å²) < 4.78 is 2.09. The van der Waals surface area contributed by atoms with Crippen LogP contribution in [0.2, 0.25) is 0 Å². The standard InChI is InChI=1S/C12H6BrN3O2/c13-6-1-2-9-7(3-6)12(18)16-5-10(17)8(4-14)11(16)15-9/h1-3,17H,5H2. The van der Waals surface area contributed by atoms with Gasteiger partial charge in [0.2, 0.25) is 0 Å². The zero-order chi connectivity index (χ0) is 12.9. The van der Waals surface area contributed by atoms with Crippen LogP contribution in [-0.2, 0) is 6.54 Å². The van der Waals surface area contributed by atoms with E-state index in [4.69, 9.17) is 5.26 Å². The highest BCUT2D eigenvalue weighted by Crippen LogP contribution is 2.24. The van der Waals surface area contributed by atoms with Gasteiger partial charge in [-0.25, -0.2) is 4.98 Å². The van der Waals surface area contributed by atoms with Crippen molar-refractivity contribution in [1.82, 2.24) is 9.55 Å². The zero-order valence-electron chi connectivity index (χ0n) is 9.01. The fraction of sp³-hybridized carbons (Fsp3) is 0.0833. The molecule has 0 bridgehead atoms. The number of aromatic nitrogens is 2. The Labute approximate surface area is 110 Å². The number of fused-ring (bicyclic) bond motifs is 2. The summed E-state index contributed by atoms with van der Waals surface area (Å²) in [5.74, 6) is 0.117. The molecule has 0 atom stereocenters. The molecule has 0 aliphatic carbocycles. The number of rotatable bonds is 0. The highest BCUT2D eigenvalue weighted by molar-refractivity contribution is 9.10. The summed E-state index contributed by atoms with van der Waals surface area (Å²) in [6.45, 7) is 0.00646. The third-order valence-corrected chi connectivity index (χ3v) is 3.34. The molecule has 1 aliphatic heterocycles. The molecule has 88 valence electrons. The third-order valence-electron chi connectivity index (χ3n) is 2.85. The van der Waals surface area contributed by atoms with E-state index in [1.807, 2.05) is 6.07 Å². The van der Waals surface area contributed by atoms with Crippen LogP contribution in [0.3, 0.4) is 0 Å². The molecule has 0 saturated carbocycles. The van der Waals surface area contributed by atoms with Crippen molar-refractivity contribution in [1.29, 1.82) is 5.26 Å². The van der Waals surface area contributed by atoms with Crippen LogP contribution in [0.25, 0.3) is 16.5 Å². The molecule has 1 N–H and O–H groups in total. The Morgan fingerprint density at radius 2 is 2.28 bits per heavy atom. The van der Waals surface area contributed by atoms with Gasteiger partial charge in [-0.05, 0) is 18.2 Å². The van der Waals surface area contributed by atoms with Gasteiger partial charge in [-0.15, -0.1) is 0 Å². The minimum absolute atomic E-state index is 0.00646. The number of halogens is 1. The molecule has 1 aromatic carbocycles. The molecule has 0 saturated heterocycles. The molecule has 18 heavy (non-hydrogen) atoms. The van der Waals surface area contributed by atoms with Gasteiger partial charge in [0.1, 0.15) is 17.4 Å². The van der Waals surface area contributed by atoms with E-state index >= 15 is 0 Å². The summed E-state index contributed by atoms with van der Waals surface area (Å²) in [6.07, 6.45) is 0. The van der Waals surface area contributed by atoms with Crippen LogP contribution in [0.15, 0.2) is 33.2 Å². The monoisotopic (exact) mass is 303 g/mol. The Morgan fingerprint density at radius 1 is 1.50 bits per heavy atom. The van der Waals surface area contributed by atoms with E-state index in [1.165, 1.54) is 4.57 Å². The molecule has 1 aromatic heterocycles. The Kier molecular flexibility index (Phi) is 2.25. The van der Waals surface area contributed by atoms with Crippen LogP contribution >= 0.6 is 15.9 Å². The van der Waals surface area contributed by atoms with Crippen molar-refractivity contribution >= 4 is 32.4 Å². The average Bonchev–Trinajstić information content (AvgIpc) is 2.67. The third kappa shape index (κ3) is 1.38. The van der Waals surface area contributed by atoms with Gasteiger partial charge in [0.25, 0.3) is 5.56 Å².